The van der Waals surface area contributed by atoms with Crippen molar-refractivity contribution in [2.24, 2.45) is 0 Å². The van der Waals surface area contributed by atoms with Crippen molar-refractivity contribution in [3.8, 4) is 0 Å². The molecule has 1 saturated heterocycles. The number of rotatable bonds is 3. The Morgan fingerprint density at radius 3 is 3.06 bits per heavy atom. The van der Waals surface area contributed by atoms with Crippen molar-refractivity contribution in [2.45, 2.75) is 38.3 Å². The third kappa shape index (κ3) is 3.00. The number of pyridine rings is 1. The lowest BCUT2D eigenvalue weighted by atomic mass is 10.1. The maximum atomic E-state index is 12.3. The molecule has 0 aliphatic carbocycles. The molecular formula is C13H17ClN2O2. The zero-order chi connectivity index (χ0) is 13.1. The molecule has 1 fully saturated rings. The minimum Gasteiger partial charge on any atom is -0.393 e. The third-order valence-corrected chi connectivity index (χ3v) is 3.45. The summed E-state index contributed by atoms with van der Waals surface area (Å²) >= 11 is 5.70. The van der Waals surface area contributed by atoms with Crippen LogP contribution in [0.15, 0.2) is 18.3 Å². The van der Waals surface area contributed by atoms with Gasteiger partial charge >= 0.3 is 0 Å². The molecule has 1 N–H and O–H groups in total. The van der Waals surface area contributed by atoms with Crippen LogP contribution in [0, 0.1) is 0 Å². The van der Waals surface area contributed by atoms with E-state index in [1.54, 1.807) is 19.1 Å². The topological polar surface area (TPSA) is 53.4 Å². The molecule has 1 amide bonds. The van der Waals surface area contributed by atoms with E-state index in [0.717, 1.165) is 19.4 Å². The zero-order valence-corrected chi connectivity index (χ0v) is 11.1. The van der Waals surface area contributed by atoms with Gasteiger partial charge in [0.15, 0.2) is 0 Å². The second-order valence-corrected chi connectivity index (χ2v) is 5.14. The first-order valence-corrected chi connectivity index (χ1v) is 6.56. The quantitative estimate of drug-likeness (QED) is 0.855. The van der Waals surface area contributed by atoms with Gasteiger partial charge in [0.25, 0.3) is 5.91 Å². The summed E-state index contributed by atoms with van der Waals surface area (Å²) < 4.78 is 0. The fraction of sp³-hybridized carbons (Fsp3) is 0.538. The third-order valence-electron chi connectivity index (χ3n) is 3.23. The molecule has 4 nitrogen and oxygen atoms in total. The lowest BCUT2D eigenvalue weighted by Gasteiger charge is -2.25. The predicted octanol–water partition coefficient (Wildman–Crippen LogP) is 2.11. The van der Waals surface area contributed by atoms with E-state index >= 15 is 0 Å². The molecule has 0 radical (unpaired) electrons. The van der Waals surface area contributed by atoms with Crippen molar-refractivity contribution in [1.29, 1.82) is 0 Å². The molecule has 0 bridgehead atoms. The Balaban J connectivity index is 2.10. The van der Waals surface area contributed by atoms with Crippen molar-refractivity contribution in [3.05, 3.63) is 29.0 Å². The molecule has 2 heterocycles. The highest BCUT2D eigenvalue weighted by Gasteiger charge is 2.30. The molecule has 0 spiro atoms. The van der Waals surface area contributed by atoms with Gasteiger partial charge in [0.05, 0.1) is 11.7 Å². The monoisotopic (exact) mass is 268 g/mol. The van der Waals surface area contributed by atoms with Gasteiger partial charge in [-0.3, -0.25) is 4.79 Å². The number of aliphatic hydroxyl groups is 1. The van der Waals surface area contributed by atoms with E-state index in [1.807, 2.05) is 4.90 Å². The number of carbonyl (C=O) groups is 1. The number of likely N-dealkylation sites (tertiary alicyclic amines) is 1. The highest BCUT2D eigenvalue weighted by atomic mass is 35.5. The first-order chi connectivity index (χ1) is 8.58. The van der Waals surface area contributed by atoms with E-state index in [4.69, 9.17) is 11.6 Å². The van der Waals surface area contributed by atoms with Crippen molar-refractivity contribution >= 4 is 17.5 Å². The zero-order valence-electron chi connectivity index (χ0n) is 10.3. The Morgan fingerprint density at radius 1 is 1.67 bits per heavy atom. The highest BCUT2D eigenvalue weighted by Crippen LogP contribution is 2.23. The van der Waals surface area contributed by atoms with E-state index in [-0.39, 0.29) is 18.1 Å². The van der Waals surface area contributed by atoms with Gasteiger partial charge in [-0.25, -0.2) is 4.98 Å². The number of hydrogen-bond acceptors (Lipinski definition) is 3. The molecule has 0 saturated carbocycles. The van der Waals surface area contributed by atoms with E-state index in [0.29, 0.717) is 17.1 Å². The van der Waals surface area contributed by atoms with E-state index in [9.17, 15) is 9.90 Å². The smallest absolute Gasteiger partial charge is 0.255 e. The normalized spacial score (nSPS) is 21.1. The van der Waals surface area contributed by atoms with Crippen LogP contribution in [0.25, 0.3) is 0 Å². The summed E-state index contributed by atoms with van der Waals surface area (Å²) in [6.07, 6.45) is 3.70. The van der Waals surface area contributed by atoms with Crippen LogP contribution in [0.1, 0.15) is 36.5 Å². The average molecular weight is 269 g/mol. The number of carbonyl (C=O) groups excluding carboxylic acids is 1. The Kier molecular flexibility index (Phi) is 4.19. The van der Waals surface area contributed by atoms with Crippen molar-refractivity contribution in [2.75, 3.05) is 6.54 Å². The standard InChI is InChI=1S/C13H17ClN2O2/c1-9(17)7-11-3-2-6-16(11)13(18)10-4-5-12(14)15-8-10/h4-5,8-9,11,17H,2-3,6-7H2,1H3. The fourth-order valence-corrected chi connectivity index (χ4v) is 2.52. The molecule has 1 aromatic rings. The molecule has 1 aliphatic heterocycles. The lowest BCUT2D eigenvalue weighted by Crippen LogP contribution is -2.37. The number of hydrogen-bond donors (Lipinski definition) is 1. The summed E-state index contributed by atoms with van der Waals surface area (Å²) in [7, 11) is 0. The number of halogens is 1. The van der Waals surface area contributed by atoms with Gasteiger partial charge in [0, 0.05) is 18.8 Å². The average Bonchev–Trinajstić information content (AvgIpc) is 2.76. The molecule has 18 heavy (non-hydrogen) atoms. The number of amides is 1. The van der Waals surface area contributed by atoms with E-state index < -0.39 is 0 Å². The molecule has 1 aromatic heterocycles. The second-order valence-electron chi connectivity index (χ2n) is 4.75. The first kappa shape index (κ1) is 13.3. The first-order valence-electron chi connectivity index (χ1n) is 6.18. The molecule has 2 rings (SSSR count). The minimum absolute atomic E-state index is 0.0256. The van der Waals surface area contributed by atoms with Crippen LogP contribution >= 0.6 is 11.6 Å². The van der Waals surface area contributed by atoms with Crippen LogP contribution in [-0.4, -0.2) is 39.6 Å². The van der Waals surface area contributed by atoms with E-state index in [1.165, 1.54) is 6.20 Å². The number of aliphatic hydroxyl groups excluding tert-OH is 1. The highest BCUT2D eigenvalue weighted by molar-refractivity contribution is 6.29. The van der Waals surface area contributed by atoms with Crippen LogP contribution < -0.4 is 0 Å². The number of aromatic nitrogens is 1. The van der Waals surface area contributed by atoms with Crippen LogP contribution in [0.4, 0.5) is 0 Å². The van der Waals surface area contributed by atoms with Crippen LogP contribution in [0.3, 0.4) is 0 Å². The summed E-state index contributed by atoms with van der Waals surface area (Å²) in [5, 5.41) is 9.83. The van der Waals surface area contributed by atoms with Gasteiger partial charge in [-0.15, -0.1) is 0 Å². The lowest BCUT2D eigenvalue weighted by molar-refractivity contribution is 0.0681. The predicted molar refractivity (Wildman–Crippen MR) is 69.6 cm³/mol. The summed E-state index contributed by atoms with van der Waals surface area (Å²) in [5.74, 6) is -0.0256. The van der Waals surface area contributed by atoms with Crippen molar-refractivity contribution in [1.82, 2.24) is 9.88 Å². The summed E-state index contributed by atoms with van der Waals surface area (Å²) in [4.78, 5) is 18.1. The SMILES string of the molecule is CC(O)CC1CCCN1C(=O)c1ccc(Cl)nc1. The van der Waals surface area contributed by atoms with Gasteiger partial charge in [0.1, 0.15) is 5.15 Å². The second kappa shape index (κ2) is 5.67. The van der Waals surface area contributed by atoms with Crippen molar-refractivity contribution in [3.63, 3.8) is 0 Å². The Morgan fingerprint density at radius 2 is 2.44 bits per heavy atom. The largest absolute Gasteiger partial charge is 0.393 e. The Hall–Kier alpha value is -1.13. The Labute approximate surface area is 112 Å². The van der Waals surface area contributed by atoms with Crippen molar-refractivity contribution < 1.29 is 9.90 Å². The number of nitrogens with zero attached hydrogens (tertiary/aromatic N) is 2. The van der Waals surface area contributed by atoms with Gasteiger partial charge in [-0.1, -0.05) is 11.6 Å². The van der Waals surface area contributed by atoms with Crippen LogP contribution in [0.5, 0.6) is 0 Å². The van der Waals surface area contributed by atoms with Gasteiger partial charge < -0.3 is 10.0 Å². The molecule has 0 aromatic carbocycles. The molecule has 2 atom stereocenters. The van der Waals surface area contributed by atoms with Crippen LogP contribution in [0.2, 0.25) is 5.15 Å². The molecular weight excluding hydrogens is 252 g/mol. The summed E-state index contributed by atoms with van der Waals surface area (Å²) in [6, 6.07) is 3.44. The van der Waals surface area contributed by atoms with Gasteiger partial charge in [0.2, 0.25) is 0 Å². The Bertz CT molecular complexity index is 420. The maximum absolute atomic E-state index is 12.3. The molecule has 2 unspecified atom stereocenters. The van der Waals surface area contributed by atoms with E-state index in [2.05, 4.69) is 4.98 Å². The fourth-order valence-electron chi connectivity index (χ4n) is 2.41. The summed E-state index contributed by atoms with van der Waals surface area (Å²) in [5.41, 5.74) is 0.553. The molecule has 5 heteroatoms. The van der Waals surface area contributed by atoms with Crippen LogP contribution in [-0.2, 0) is 0 Å². The molecule has 98 valence electrons. The maximum Gasteiger partial charge on any atom is 0.255 e. The van der Waals surface area contributed by atoms with Gasteiger partial charge in [-0.05, 0) is 38.3 Å². The van der Waals surface area contributed by atoms with Gasteiger partial charge in [-0.2, -0.15) is 0 Å². The summed E-state index contributed by atoms with van der Waals surface area (Å²) in [6.45, 7) is 2.50. The molecule has 1 aliphatic rings. The minimum atomic E-state index is -0.383.